The molecule has 4 fully saturated rings. The Morgan fingerprint density at radius 1 is 1.10 bits per heavy atom. The van der Waals surface area contributed by atoms with Gasteiger partial charge in [-0.1, -0.05) is 13.8 Å². The van der Waals surface area contributed by atoms with E-state index in [1.54, 1.807) is 0 Å². The van der Waals surface area contributed by atoms with E-state index in [0.717, 1.165) is 18.8 Å². The molecule has 0 radical (unpaired) electrons. The lowest BCUT2D eigenvalue weighted by atomic mass is 9.43. The van der Waals surface area contributed by atoms with Gasteiger partial charge in [0, 0.05) is 17.8 Å². The van der Waals surface area contributed by atoms with Crippen LogP contribution in [-0.4, -0.2) is 17.3 Å². The molecular weight excluding hydrogens is 270 g/mol. The molecule has 2 nitrogen and oxygen atoms in total. The maximum Gasteiger partial charge on any atom is 0.220 e. The molecule has 1 amide bonds. The number of halogens is 1. The normalized spacial score (nSPS) is 45.6. The third kappa shape index (κ3) is 2.73. The number of nitrogens with one attached hydrogen (secondary N) is 1. The average Bonchev–Trinajstić information content (AvgIpc) is 2.22. The summed E-state index contributed by atoms with van der Waals surface area (Å²) in [6, 6.07) is 0. The molecule has 114 valence electrons. The number of hydrogen-bond donors (Lipinski definition) is 1. The molecule has 4 saturated carbocycles. The van der Waals surface area contributed by atoms with Crippen molar-refractivity contribution in [2.75, 3.05) is 5.88 Å². The Morgan fingerprint density at radius 3 is 2.30 bits per heavy atom. The van der Waals surface area contributed by atoms with Gasteiger partial charge in [-0.3, -0.25) is 4.79 Å². The zero-order valence-corrected chi connectivity index (χ0v) is 13.7. The first-order chi connectivity index (χ1) is 9.36. The van der Waals surface area contributed by atoms with Gasteiger partial charge in [0.1, 0.15) is 0 Å². The maximum atomic E-state index is 12.3. The third-order valence-electron chi connectivity index (χ3n) is 5.82. The Morgan fingerprint density at radius 2 is 1.75 bits per heavy atom. The highest BCUT2D eigenvalue weighted by atomic mass is 35.5. The molecule has 4 atom stereocenters. The van der Waals surface area contributed by atoms with Crippen LogP contribution < -0.4 is 5.32 Å². The summed E-state index contributed by atoms with van der Waals surface area (Å²) < 4.78 is 0. The molecule has 0 aromatic rings. The second kappa shape index (κ2) is 4.90. The number of alkyl halides is 1. The van der Waals surface area contributed by atoms with Crippen molar-refractivity contribution in [1.29, 1.82) is 0 Å². The van der Waals surface area contributed by atoms with E-state index in [9.17, 15) is 4.79 Å². The lowest BCUT2D eigenvalue weighted by molar-refractivity contribution is -0.139. The average molecular weight is 298 g/mol. The van der Waals surface area contributed by atoms with Crippen molar-refractivity contribution in [2.24, 2.45) is 16.7 Å². The molecular formula is C17H28ClNO. The summed E-state index contributed by atoms with van der Waals surface area (Å²) in [4.78, 5) is 12.3. The van der Waals surface area contributed by atoms with Crippen molar-refractivity contribution in [2.45, 2.75) is 77.2 Å². The van der Waals surface area contributed by atoms with Crippen LogP contribution in [0.25, 0.3) is 0 Å². The van der Waals surface area contributed by atoms with Gasteiger partial charge in [0.05, 0.1) is 0 Å². The monoisotopic (exact) mass is 297 g/mol. The van der Waals surface area contributed by atoms with Crippen LogP contribution in [0.1, 0.15) is 71.6 Å². The number of carbonyl (C=O) groups is 1. The van der Waals surface area contributed by atoms with E-state index in [0.29, 0.717) is 23.1 Å². The summed E-state index contributed by atoms with van der Waals surface area (Å²) in [5, 5.41) is 3.45. The van der Waals surface area contributed by atoms with E-state index in [2.05, 4.69) is 19.2 Å². The standard InChI is InChI=1S/C17H28ClNO/c1-15-7-13-8-16(2,10-15)12-17(9-13,11-15)19-14(20)5-3-4-6-18/h13H,3-12H2,1-2H3,(H,19,20)/t13-,15-,16+,17?. The molecule has 0 aromatic heterocycles. The fourth-order valence-corrected chi connectivity index (χ4v) is 6.51. The Hall–Kier alpha value is -0.240. The predicted molar refractivity (Wildman–Crippen MR) is 82.9 cm³/mol. The highest BCUT2D eigenvalue weighted by Crippen LogP contribution is 2.66. The summed E-state index contributed by atoms with van der Waals surface area (Å²) in [6.45, 7) is 4.90. The molecule has 1 N–H and O–H groups in total. The zero-order chi connectivity index (χ0) is 14.4. The largest absolute Gasteiger partial charge is 0.351 e. The van der Waals surface area contributed by atoms with Crippen LogP contribution >= 0.6 is 11.6 Å². The second-order valence-electron chi connectivity index (χ2n) is 8.60. The first kappa shape index (κ1) is 14.7. The van der Waals surface area contributed by atoms with E-state index in [1.807, 2.05) is 0 Å². The molecule has 3 heteroatoms. The molecule has 1 unspecified atom stereocenters. The van der Waals surface area contributed by atoms with Crippen LogP contribution in [0.3, 0.4) is 0 Å². The molecule has 0 aromatic carbocycles. The third-order valence-corrected chi connectivity index (χ3v) is 6.09. The highest BCUT2D eigenvalue weighted by Gasteiger charge is 2.60. The van der Waals surface area contributed by atoms with Gasteiger partial charge in [-0.2, -0.15) is 0 Å². The number of hydrogen-bond acceptors (Lipinski definition) is 1. The minimum absolute atomic E-state index is 0.112. The van der Waals surface area contributed by atoms with E-state index >= 15 is 0 Å². The Kier molecular flexibility index (Phi) is 3.60. The minimum Gasteiger partial charge on any atom is -0.351 e. The van der Waals surface area contributed by atoms with Crippen LogP contribution in [0.15, 0.2) is 0 Å². The van der Waals surface area contributed by atoms with Gasteiger partial charge >= 0.3 is 0 Å². The second-order valence-corrected chi connectivity index (χ2v) is 8.98. The molecule has 20 heavy (non-hydrogen) atoms. The summed E-state index contributed by atoms with van der Waals surface area (Å²) in [5.74, 6) is 1.75. The lowest BCUT2D eigenvalue weighted by Gasteiger charge is -2.65. The molecule has 4 aliphatic rings. The molecule has 0 heterocycles. The predicted octanol–water partition coefficient (Wildman–Crippen LogP) is 4.26. The molecule has 0 aliphatic heterocycles. The van der Waals surface area contributed by atoms with Gasteiger partial charge in [-0.05, 0) is 68.1 Å². The summed E-state index contributed by atoms with van der Waals surface area (Å²) in [5.41, 5.74) is 1.05. The van der Waals surface area contributed by atoms with Gasteiger partial charge < -0.3 is 5.32 Å². The number of amides is 1. The fourth-order valence-electron chi connectivity index (χ4n) is 6.33. The minimum atomic E-state index is 0.112. The van der Waals surface area contributed by atoms with Gasteiger partial charge in [0.2, 0.25) is 5.91 Å². The number of carbonyl (C=O) groups excluding carboxylic acids is 1. The van der Waals surface area contributed by atoms with Crippen LogP contribution in [0, 0.1) is 16.7 Å². The van der Waals surface area contributed by atoms with Crippen LogP contribution in [0.5, 0.6) is 0 Å². The molecule has 0 spiro atoms. The van der Waals surface area contributed by atoms with Crippen LogP contribution in [0.4, 0.5) is 0 Å². The maximum absolute atomic E-state index is 12.3. The highest BCUT2D eigenvalue weighted by molar-refractivity contribution is 6.17. The number of unbranched alkanes of at least 4 members (excludes halogenated alkanes) is 1. The van der Waals surface area contributed by atoms with Crippen molar-refractivity contribution in [3.8, 4) is 0 Å². The zero-order valence-electron chi connectivity index (χ0n) is 12.9. The SMILES string of the molecule is C[C@]12C[C@H]3CC(NC(=O)CCCCCl)(C1)C[C@@](C)(C3)C2. The molecule has 4 bridgehead atoms. The van der Waals surface area contributed by atoms with E-state index in [1.165, 1.54) is 38.5 Å². The van der Waals surface area contributed by atoms with Crippen molar-refractivity contribution < 1.29 is 4.79 Å². The van der Waals surface area contributed by atoms with Gasteiger partial charge in [-0.25, -0.2) is 0 Å². The lowest BCUT2D eigenvalue weighted by Crippen LogP contribution is -2.65. The van der Waals surface area contributed by atoms with Crippen LogP contribution in [0.2, 0.25) is 0 Å². The molecule has 4 rings (SSSR count). The smallest absolute Gasteiger partial charge is 0.220 e. The van der Waals surface area contributed by atoms with E-state index < -0.39 is 0 Å². The Balaban J connectivity index is 1.68. The van der Waals surface area contributed by atoms with Gasteiger partial charge in [-0.15, -0.1) is 11.6 Å². The van der Waals surface area contributed by atoms with E-state index in [4.69, 9.17) is 11.6 Å². The quantitative estimate of drug-likeness (QED) is 0.596. The number of rotatable bonds is 5. The van der Waals surface area contributed by atoms with E-state index in [-0.39, 0.29) is 11.4 Å². The van der Waals surface area contributed by atoms with Crippen LogP contribution in [-0.2, 0) is 4.79 Å². The Labute approximate surface area is 128 Å². The summed E-state index contributed by atoms with van der Waals surface area (Å²) in [6.07, 6.45) is 10.3. The Bertz CT molecular complexity index is 390. The topological polar surface area (TPSA) is 29.1 Å². The molecule has 0 saturated heterocycles. The summed E-state index contributed by atoms with van der Waals surface area (Å²) in [7, 11) is 0. The fraction of sp³-hybridized carbons (Fsp3) is 0.941. The first-order valence-electron chi connectivity index (χ1n) is 8.23. The van der Waals surface area contributed by atoms with Crippen molar-refractivity contribution in [3.63, 3.8) is 0 Å². The molecule has 4 aliphatic carbocycles. The van der Waals surface area contributed by atoms with Crippen molar-refractivity contribution >= 4 is 17.5 Å². The summed E-state index contributed by atoms with van der Waals surface area (Å²) >= 11 is 5.69. The van der Waals surface area contributed by atoms with Crippen molar-refractivity contribution in [1.82, 2.24) is 5.32 Å². The van der Waals surface area contributed by atoms with Gasteiger partial charge in [0.25, 0.3) is 0 Å². The first-order valence-corrected chi connectivity index (χ1v) is 8.77. The van der Waals surface area contributed by atoms with Gasteiger partial charge in [0.15, 0.2) is 0 Å². The van der Waals surface area contributed by atoms with Crippen molar-refractivity contribution in [3.05, 3.63) is 0 Å².